The number of amides is 1. The van der Waals surface area contributed by atoms with Crippen molar-refractivity contribution in [2.75, 3.05) is 5.32 Å². The number of aryl methyl sites for hydroxylation is 1. The van der Waals surface area contributed by atoms with Crippen molar-refractivity contribution in [2.24, 2.45) is 0 Å². The summed E-state index contributed by atoms with van der Waals surface area (Å²) < 4.78 is 12.0. The number of aromatic hydroxyl groups is 2. The molecule has 1 aliphatic heterocycles. The maximum absolute atomic E-state index is 12.3. The van der Waals surface area contributed by atoms with Gasteiger partial charge in [0, 0.05) is 48.4 Å². The molecule has 0 saturated heterocycles. The number of hydrogen-bond acceptors (Lipinski definition) is 6. The smallest absolute Gasteiger partial charge is 0.304 e. The summed E-state index contributed by atoms with van der Waals surface area (Å²) in [5, 5.41) is 22.8. The second kappa shape index (κ2) is 7.36. The molecule has 3 aromatic carbocycles. The summed E-state index contributed by atoms with van der Waals surface area (Å²) >= 11 is 0. The number of benzene rings is 3. The molecule has 7 nitrogen and oxygen atoms in total. The highest BCUT2D eigenvalue weighted by atomic mass is 16.6. The van der Waals surface area contributed by atoms with Crippen molar-refractivity contribution in [3.63, 3.8) is 0 Å². The Hall–Kier alpha value is -4.00. The first-order chi connectivity index (χ1) is 14.7. The molecule has 0 saturated carbocycles. The third-order valence-corrected chi connectivity index (χ3v) is 5.13. The van der Waals surface area contributed by atoms with Crippen molar-refractivity contribution in [3.05, 3.63) is 76.9 Å². The van der Waals surface area contributed by atoms with E-state index < -0.39 is 11.6 Å². The van der Waals surface area contributed by atoms with Crippen LogP contribution in [-0.2, 0) is 19.9 Å². The number of nitrogens with one attached hydrogen (secondary N) is 1. The molecule has 3 aromatic rings. The predicted octanol–water partition coefficient (Wildman–Crippen LogP) is 4.33. The Balaban J connectivity index is 2.06. The zero-order valence-corrected chi connectivity index (χ0v) is 17.2. The summed E-state index contributed by atoms with van der Waals surface area (Å²) in [4.78, 5) is 23.8. The van der Waals surface area contributed by atoms with Crippen molar-refractivity contribution >= 4 is 17.6 Å². The molecule has 1 heterocycles. The second-order valence-electron chi connectivity index (χ2n) is 7.45. The van der Waals surface area contributed by atoms with Crippen LogP contribution in [0.2, 0.25) is 0 Å². The van der Waals surface area contributed by atoms with Gasteiger partial charge in [-0.25, -0.2) is 0 Å². The number of fused-ring (bicyclic) bond motifs is 2. The first-order valence-corrected chi connectivity index (χ1v) is 9.64. The summed E-state index contributed by atoms with van der Waals surface area (Å²) in [5.41, 5.74) is 1.67. The van der Waals surface area contributed by atoms with E-state index in [0.717, 1.165) is 5.56 Å². The minimum atomic E-state index is -1.39. The highest BCUT2D eigenvalue weighted by Crippen LogP contribution is 2.54. The van der Waals surface area contributed by atoms with Crippen LogP contribution in [0.1, 0.15) is 36.1 Å². The van der Waals surface area contributed by atoms with Gasteiger partial charge in [-0.3, -0.25) is 9.59 Å². The van der Waals surface area contributed by atoms with Gasteiger partial charge in [-0.2, -0.15) is 0 Å². The summed E-state index contributed by atoms with van der Waals surface area (Å²) in [6.45, 7) is 4.59. The third kappa shape index (κ3) is 3.44. The lowest BCUT2D eigenvalue weighted by atomic mass is 9.76. The van der Waals surface area contributed by atoms with Crippen LogP contribution >= 0.6 is 0 Å². The number of carbonyl (C=O) groups is 2. The number of esters is 1. The van der Waals surface area contributed by atoms with Crippen LogP contribution in [-0.4, -0.2) is 22.1 Å². The highest BCUT2D eigenvalue weighted by molar-refractivity contribution is 5.89. The van der Waals surface area contributed by atoms with Gasteiger partial charge in [0.15, 0.2) is 5.60 Å². The molecule has 7 heteroatoms. The summed E-state index contributed by atoms with van der Waals surface area (Å²) in [6, 6.07) is 14.4. The number of anilines is 1. The van der Waals surface area contributed by atoms with E-state index in [-0.39, 0.29) is 17.4 Å². The van der Waals surface area contributed by atoms with E-state index in [0.29, 0.717) is 33.9 Å². The molecule has 0 bridgehead atoms. The van der Waals surface area contributed by atoms with E-state index in [4.69, 9.17) is 9.47 Å². The molecule has 0 radical (unpaired) electrons. The van der Waals surface area contributed by atoms with Gasteiger partial charge in [-0.1, -0.05) is 6.07 Å². The summed E-state index contributed by atoms with van der Waals surface area (Å²) in [6.07, 6.45) is 0. The van der Waals surface area contributed by atoms with E-state index in [2.05, 4.69) is 5.32 Å². The zero-order valence-electron chi connectivity index (χ0n) is 17.2. The fourth-order valence-corrected chi connectivity index (χ4v) is 4.05. The van der Waals surface area contributed by atoms with Gasteiger partial charge in [0.2, 0.25) is 5.91 Å². The average molecular weight is 419 g/mol. The van der Waals surface area contributed by atoms with Crippen LogP contribution in [0.15, 0.2) is 54.6 Å². The van der Waals surface area contributed by atoms with Crippen LogP contribution in [0.5, 0.6) is 23.0 Å². The number of rotatable bonds is 3. The number of ether oxygens (including phenoxy) is 2. The van der Waals surface area contributed by atoms with Crippen LogP contribution in [0.25, 0.3) is 0 Å². The van der Waals surface area contributed by atoms with Gasteiger partial charge in [0.1, 0.15) is 23.0 Å². The normalized spacial score (nSPS) is 13.4. The van der Waals surface area contributed by atoms with Gasteiger partial charge in [0.25, 0.3) is 0 Å². The molecule has 3 N–H and O–H groups in total. The quantitative estimate of drug-likeness (QED) is 0.546. The molecular weight excluding hydrogens is 398 g/mol. The van der Waals surface area contributed by atoms with E-state index in [1.54, 1.807) is 30.3 Å². The van der Waals surface area contributed by atoms with Crippen molar-refractivity contribution in [1.29, 1.82) is 0 Å². The van der Waals surface area contributed by atoms with Crippen molar-refractivity contribution in [1.82, 2.24) is 0 Å². The Bertz CT molecular complexity index is 1170. The summed E-state index contributed by atoms with van der Waals surface area (Å²) in [7, 11) is 0. The van der Waals surface area contributed by atoms with Crippen LogP contribution < -0.4 is 10.1 Å². The van der Waals surface area contributed by atoms with E-state index in [9.17, 15) is 19.8 Å². The van der Waals surface area contributed by atoms with Gasteiger partial charge >= 0.3 is 5.97 Å². The van der Waals surface area contributed by atoms with Crippen molar-refractivity contribution < 1.29 is 29.3 Å². The predicted molar refractivity (Wildman–Crippen MR) is 113 cm³/mol. The van der Waals surface area contributed by atoms with Gasteiger partial charge in [0.05, 0.1) is 0 Å². The Morgan fingerprint density at radius 2 is 1.42 bits per heavy atom. The number of phenols is 2. The number of hydrogen-bond donors (Lipinski definition) is 3. The largest absolute Gasteiger partial charge is 0.508 e. The Morgan fingerprint density at radius 1 is 0.871 bits per heavy atom. The molecule has 0 atom stereocenters. The fraction of sp³-hybridized carbons (Fsp3) is 0.167. The van der Waals surface area contributed by atoms with Gasteiger partial charge < -0.3 is 25.0 Å². The van der Waals surface area contributed by atoms with Crippen molar-refractivity contribution in [2.45, 2.75) is 26.4 Å². The maximum Gasteiger partial charge on any atom is 0.304 e. The Kier molecular flexibility index (Phi) is 4.81. The molecule has 158 valence electrons. The molecule has 1 aliphatic rings. The maximum atomic E-state index is 12.3. The molecular formula is C24H21NO6. The van der Waals surface area contributed by atoms with Gasteiger partial charge in [-0.05, 0) is 48.9 Å². The fourth-order valence-electron chi connectivity index (χ4n) is 4.05. The molecule has 1 amide bonds. The Morgan fingerprint density at radius 3 is 1.90 bits per heavy atom. The van der Waals surface area contributed by atoms with E-state index in [1.165, 1.54) is 38.1 Å². The van der Waals surface area contributed by atoms with Crippen LogP contribution in [0, 0.1) is 6.92 Å². The topological polar surface area (TPSA) is 105 Å². The lowest BCUT2D eigenvalue weighted by Gasteiger charge is -2.40. The van der Waals surface area contributed by atoms with Crippen LogP contribution in [0.3, 0.4) is 0 Å². The standard InChI is InChI=1S/C24H21NO6/c1-13-10-16(25-14(2)26)4-7-19(13)24(31-15(3)27)20-8-5-17(28)11-22(20)30-23-12-18(29)6-9-21(23)24/h4-12,28-29H,1-3H3,(H,25,26). The molecule has 0 aliphatic carbocycles. The first-order valence-electron chi connectivity index (χ1n) is 9.64. The lowest BCUT2D eigenvalue weighted by molar-refractivity contribution is -0.151. The van der Waals surface area contributed by atoms with E-state index in [1.807, 2.05) is 6.92 Å². The minimum absolute atomic E-state index is 0.0168. The number of phenolic OH excluding ortho intramolecular Hbond substituents is 2. The monoisotopic (exact) mass is 419 g/mol. The molecule has 0 spiro atoms. The van der Waals surface area contributed by atoms with Gasteiger partial charge in [-0.15, -0.1) is 0 Å². The molecule has 4 rings (SSSR count). The number of carbonyl (C=O) groups excluding carboxylic acids is 2. The van der Waals surface area contributed by atoms with Crippen LogP contribution in [0.4, 0.5) is 5.69 Å². The second-order valence-corrected chi connectivity index (χ2v) is 7.45. The molecule has 0 aromatic heterocycles. The zero-order chi connectivity index (χ0) is 22.3. The Labute approximate surface area is 178 Å². The average Bonchev–Trinajstić information content (AvgIpc) is 2.66. The molecule has 31 heavy (non-hydrogen) atoms. The lowest BCUT2D eigenvalue weighted by Crippen LogP contribution is -2.38. The highest BCUT2D eigenvalue weighted by Gasteiger charge is 2.48. The molecule has 0 unspecified atom stereocenters. The first kappa shape index (κ1) is 20.3. The van der Waals surface area contributed by atoms with E-state index >= 15 is 0 Å². The SMILES string of the molecule is CC(=O)Nc1ccc(C2(OC(C)=O)c3ccc(O)cc3Oc3cc(O)ccc32)c(C)c1. The third-order valence-electron chi connectivity index (χ3n) is 5.13. The van der Waals surface area contributed by atoms with Crippen molar-refractivity contribution in [3.8, 4) is 23.0 Å². The molecule has 0 fully saturated rings. The summed E-state index contributed by atoms with van der Waals surface area (Å²) in [5.74, 6) is -0.164. The minimum Gasteiger partial charge on any atom is -0.508 e.